The van der Waals surface area contributed by atoms with E-state index in [2.05, 4.69) is 59.9 Å². The van der Waals surface area contributed by atoms with Crippen LogP contribution in [0.5, 0.6) is 0 Å². The van der Waals surface area contributed by atoms with Crippen LogP contribution in [0.15, 0.2) is 30.5 Å². The first kappa shape index (κ1) is 12.8. The van der Waals surface area contributed by atoms with Gasteiger partial charge < -0.3 is 9.88 Å². The van der Waals surface area contributed by atoms with Crippen molar-refractivity contribution in [3.05, 3.63) is 53.1 Å². The maximum atomic E-state index is 4.42. The number of aryl methyl sites for hydroxylation is 2. The molecule has 0 saturated heterocycles. The summed E-state index contributed by atoms with van der Waals surface area (Å²) in [6.07, 6.45) is 1.97. The van der Waals surface area contributed by atoms with E-state index in [1.54, 1.807) is 0 Å². The second kappa shape index (κ2) is 5.83. The standard InChI is InChI=1S/C15H21N3/c1-4-16-9-15-10-17-13(3)18(15)11-14-8-6-5-7-12(14)2/h5-8,10,16H,4,9,11H2,1-3H3. The van der Waals surface area contributed by atoms with Gasteiger partial charge in [0.05, 0.1) is 5.69 Å². The summed E-state index contributed by atoms with van der Waals surface area (Å²) in [4.78, 5) is 4.42. The molecule has 1 aromatic carbocycles. The minimum atomic E-state index is 0.878. The molecule has 3 nitrogen and oxygen atoms in total. The van der Waals surface area contributed by atoms with Crippen LogP contribution in [0.3, 0.4) is 0 Å². The lowest BCUT2D eigenvalue weighted by Gasteiger charge is -2.12. The van der Waals surface area contributed by atoms with Crippen molar-refractivity contribution in [2.45, 2.75) is 33.9 Å². The van der Waals surface area contributed by atoms with Crippen LogP contribution in [-0.4, -0.2) is 16.1 Å². The summed E-state index contributed by atoms with van der Waals surface area (Å²) < 4.78 is 2.28. The Morgan fingerprint density at radius 2 is 2.00 bits per heavy atom. The predicted octanol–water partition coefficient (Wildman–Crippen LogP) is 2.66. The molecule has 1 aromatic heterocycles. The van der Waals surface area contributed by atoms with Crippen LogP contribution in [0.1, 0.15) is 29.6 Å². The maximum absolute atomic E-state index is 4.42. The number of hydrogen-bond acceptors (Lipinski definition) is 2. The second-order valence-electron chi connectivity index (χ2n) is 4.59. The minimum absolute atomic E-state index is 0.878. The summed E-state index contributed by atoms with van der Waals surface area (Å²) in [5.74, 6) is 1.08. The van der Waals surface area contributed by atoms with Gasteiger partial charge in [0.15, 0.2) is 0 Å². The molecule has 96 valence electrons. The van der Waals surface area contributed by atoms with Crippen LogP contribution in [-0.2, 0) is 13.1 Å². The van der Waals surface area contributed by atoms with Gasteiger partial charge in [0.1, 0.15) is 5.82 Å². The molecule has 3 heteroatoms. The summed E-state index contributed by atoms with van der Waals surface area (Å²) in [7, 11) is 0. The van der Waals surface area contributed by atoms with Gasteiger partial charge in [0.2, 0.25) is 0 Å². The minimum Gasteiger partial charge on any atom is -0.327 e. The summed E-state index contributed by atoms with van der Waals surface area (Å²) in [6, 6.07) is 8.52. The van der Waals surface area contributed by atoms with Crippen LogP contribution in [0.2, 0.25) is 0 Å². The molecule has 0 aliphatic rings. The number of imidazole rings is 1. The summed E-state index contributed by atoms with van der Waals surface area (Å²) >= 11 is 0. The fourth-order valence-corrected chi connectivity index (χ4v) is 2.08. The molecule has 2 aromatic rings. The van der Waals surface area contributed by atoms with Crippen LogP contribution in [0.4, 0.5) is 0 Å². The number of nitrogens with one attached hydrogen (secondary N) is 1. The fourth-order valence-electron chi connectivity index (χ4n) is 2.08. The van der Waals surface area contributed by atoms with Crippen LogP contribution < -0.4 is 5.32 Å². The van der Waals surface area contributed by atoms with Crippen molar-refractivity contribution in [3.63, 3.8) is 0 Å². The van der Waals surface area contributed by atoms with E-state index in [-0.39, 0.29) is 0 Å². The quantitative estimate of drug-likeness (QED) is 0.875. The molecule has 0 radical (unpaired) electrons. The van der Waals surface area contributed by atoms with Gasteiger partial charge in [0.25, 0.3) is 0 Å². The zero-order chi connectivity index (χ0) is 13.0. The molecule has 18 heavy (non-hydrogen) atoms. The van der Waals surface area contributed by atoms with Gasteiger partial charge in [-0.2, -0.15) is 0 Å². The van der Waals surface area contributed by atoms with E-state index in [0.29, 0.717) is 0 Å². The molecule has 0 aliphatic carbocycles. The molecule has 0 aliphatic heterocycles. The smallest absolute Gasteiger partial charge is 0.106 e. The van der Waals surface area contributed by atoms with Gasteiger partial charge in [-0.25, -0.2) is 4.98 Å². The Hall–Kier alpha value is -1.61. The fraction of sp³-hybridized carbons (Fsp3) is 0.400. The number of hydrogen-bond donors (Lipinski definition) is 1. The van der Waals surface area contributed by atoms with Crippen molar-refractivity contribution in [2.24, 2.45) is 0 Å². The van der Waals surface area contributed by atoms with E-state index in [9.17, 15) is 0 Å². The molecule has 0 saturated carbocycles. The van der Waals surface area contributed by atoms with Crippen molar-refractivity contribution in [1.82, 2.24) is 14.9 Å². The highest BCUT2D eigenvalue weighted by molar-refractivity contribution is 5.26. The molecule has 0 amide bonds. The number of benzene rings is 1. The number of aromatic nitrogens is 2. The lowest BCUT2D eigenvalue weighted by atomic mass is 10.1. The van der Waals surface area contributed by atoms with E-state index in [0.717, 1.165) is 25.5 Å². The van der Waals surface area contributed by atoms with Crippen molar-refractivity contribution in [1.29, 1.82) is 0 Å². The Kier molecular flexibility index (Phi) is 4.15. The highest BCUT2D eigenvalue weighted by Gasteiger charge is 2.07. The molecule has 2 rings (SSSR count). The zero-order valence-electron chi connectivity index (χ0n) is 11.4. The second-order valence-corrected chi connectivity index (χ2v) is 4.59. The largest absolute Gasteiger partial charge is 0.327 e. The van der Waals surface area contributed by atoms with Gasteiger partial charge in [0, 0.05) is 19.3 Å². The van der Waals surface area contributed by atoms with Crippen LogP contribution in [0.25, 0.3) is 0 Å². The van der Waals surface area contributed by atoms with E-state index in [4.69, 9.17) is 0 Å². The normalized spacial score (nSPS) is 10.8. The Balaban J connectivity index is 2.23. The van der Waals surface area contributed by atoms with Crippen molar-refractivity contribution in [3.8, 4) is 0 Å². The van der Waals surface area contributed by atoms with E-state index < -0.39 is 0 Å². The Bertz CT molecular complexity index is 514. The first-order valence-corrected chi connectivity index (χ1v) is 6.48. The first-order valence-electron chi connectivity index (χ1n) is 6.48. The summed E-state index contributed by atoms with van der Waals surface area (Å²) in [5, 5.41) is 3.36. The molecule has 0 bridgehead atoms. The molecular weight excluding hydrogens is 222 g/mol. The van der Waals surface area contributed by atoms with Crippen LogP contribution >= 0.6 is 0 Å². The third-order valence-corrected chi connectivity index (χ3v) is 3.28. The van der Waals surface area contributed by atoms with Crippen molar-refractivity contribution >= 4 is 0 Å². The zero-order valence-corrected chi connectivity index (χ0v) is 11.4. The van der Waals surface area contributed by atoms with Gasteiger partial charge in [-0.3, -0.25) is 0 Å². The van der Waals surface area contributed by atoms with Gasteiger partial charge in [-0.1, -0.05) is 31.2 Å². The lowest BCUT2D eigenvalue weighted by Crippen LogP contribution is -2.16. The molecule has 0 atom stereocenters. The Labute approximate surface area is 109 Å². The highest BCUT2D eigenvalue weighted by Crippen LogP contribution is 2.13. The number of rotatable bonds is 5. The Morgan fingerprint density at radius 3 is 2.72 bits per heavy atom. The maximum Gasteiger partial charge on any atom is 0.106 e. The molecule has 1 heterocycles. The molecule has 0 spiro atoms. The van der Waals surface area contributed by atoms with Gasteiger partial charge in [-0.15, -0.1) is 0 Å². The Morgan fingerprint density at radius 1 is 1.22 bits per heavy atom. The van der Waals surface area contributed by atoms with E-state index in [1.165, 1.54) is 16.8 Å². The van der Waals surface area contributed by atoms with Crippen LogP contribution in [0, 0.1) is 13.8 Å². The molecule has 0 unspecified atom stereocenters. The van der Waals surface area contributed by atoms with Crippen molar-refractivity contribution < 1.29 is 0 Å². The summed E-state index contributed by atoms with van der Waals surface area (Å²) in [5.41, 5.74) is 3.94. The van der Waals surface area contributed by atoms with Gasteiger partial charge >= 0.3 is 0 Å². The molecule has 0 fully saturated rings. The third-order valence-electron chi connectivity index (χ3n) is 3.28. The summed E-state index contributed by atoms with van der Waals surface area (Å²) in [6.45, 7) is 9.10. The third kappa shape index (κ3) is 2.79. The average molecular weight is 243 g/mol. The SMILES string of the molecule is CCNCc1cnc(C)n1Cc1ccccc1C. The van der Waals surface area contributed by atoms with E-state index in [1.807, 2.05) is 6.20 Å². The van der Waals surface area contributed by atoms with Gasteiger partial charge in [-0.05, 0) is 31.5 Å². The lowest BCUT2D eigenvalue weighted by molar-refractivity contribution is 0.645. The monoisotopic (exact) mass is 243 g/mol. The molecule has 1 N–H and O–H groups in total. The molecular formula is C15H21N3. The van der Waals surface area contributed by atoms with Crippen molar-refractivity contribution in [2.75, 3.05) is 6.54 Å². The average Bonchev–Trinajstić information content (AvgIpc) is 2.71. The highest BCUT2D eigenvalue weighted by atomic mass is 15.1. The number of nitrogens with zero attached hydrogens (tertiary/aromatic N) is 2. The van der Waals surface area contributed by atoms with E-state index >= 15 is 0 Å². The predicted molar refractivity (Wildman–Crippen MR) is 74.6 cm³/mol. The topological polar surface area (TPSA) is 29.9 Å². The first-order chi connectivity index (χ1) is 8.72.